The number of ether oxygens (including phenoxy) is 3. The van der Waals surface area contributed by atoms with Crippen LogP contribution in [-0.4, -0.2) is 37.9 Å². The van der Waals surface area contributed by atoms with E-state index in [-0.39, 0.29) is 25.2 Å². The van der Waals surface area contributed by atoms with E-state index in [0.29, 0.717) is 19.4 Å². The SMILES string of the molecule is CC/C=C\C/C=C\C/C=C\C/C=C\CCCCCCCCCOCC(COC(=O)CCCCCCCC/C=C\C/C=C\C/C=C\CCCCC)OC(=O)CCCC/C=C\C/C=C\C/C=C\C/C=C\CC. The second-order valence-corrected chi connectivity index (χ2v) is 18.4. The third-order valence-corrected chi connectivity index (χ3v) is 11.7. The lowest BCUT2D eigenvalue weighted by Crippen LogP contribution is -2.30. The molecular weight excluding hydrogens is 861 g/mol. The van der Waals surface area contributed by atoms with Gasteiger partial charge in [-0.05, 0) is 135 Å². The summed E-state index contributed by atoms with van der Waals surface area (Å²) < 4.78 is 17.4. The van der Waals surface area contributed by atoms with Crippen LogP contribution in [0.4, 0.5) is 0 Å². The smallest absolute Gasteiger partial charge is 0.306 e. The number of esters is 2. The Morgan fingerprint density at radius 3 is 1.06 bits per heavy atom. The molecule has 1 unspecified atom stereocenters. The van der Waals surface area contributed by atoms with Crippen LogP contribution in [0.2, 0.25) is 0 Å². The summed E-state index contributed by atoms with van der Waals surface area (Å²) in [5.41, 5.74) is 0. The van der Waals surface area contributed by atoms with Gasteiger partial charge in [0.25, 0.3) is 0 Å². The number of carbonyl (C=O) groups excluding carboxylic acids is 2. The van der Waals surface area contributed by atoms with Gasteiger partial charge in [-0.3, -0.25) is 9.59 Å². The summed E-state index contributed by atoms with van der Waals surface area (Å²) in [6.07, 6.45) is 84.7. The minimum Gasteiger partial charge on any atom is -0.462 e. The summed E-state index contributed by atoms with van der Waals surface area (Å²) in [6.45, 7) is 7.48. The fourth-order valence-electron chi connectivity index (χ4n) is 7.44. The van der Waals surface area contributed by atoms with Crippen molar-refractivity contribution < 1.29 is 23.8 Å². The van der Waals surface area contributed by atoms with Gasteiger partial charge in [0.2, 0.25) is 0 Å². The number of carbonyl (C=O) groups is 2. The molecule has 0 bridgehead atoms. The number of allylic oxidation sites excluding steroid dienone is 22. The van der Waals surface area contributed by atoms with Crippen LogP contribution in [0.5, 0.6) is 0 Å². The summed E-state index contributed by atoms with van der Waals surface area (Å²) in [5.74, 6) is -0.472. The average Bonchev–Trinajstić information content (AvgIpc) is 3.36. The Kier molecular flexibility index (Phi) is 56.0. The van der Waals surface area contributed by atoms with Crippen LogP contribution in [0.25, 0.3) is 0 Å². The van der Waals surface area contributed by atoms with Crippen LogP contribution in [0.1, 0.15) is 239 Å². The van der Waals surface area contributed by atoms with E-state index in [2.05, 4.69) is 154 Å². The fourth-order valence-corrected chi connectivity index (χ4v) is 7.44. The Hall–Kier alpha value is -3.96. The predicted octanol–water partition coefficient (Wildman–Crippen LogP) is 19.9. The summed E-state index contributed by atoms with van der Waals surface area (Å²) in [4.78, 5) is 25.5. The highest BCUT2D eigenvalue weighted by atomic mass is 16.6. The molecule has 5 nitrogen and oxygen atoms in total. The van der Waals surface area contributed by atoms with Gasteiger partial charge in [-0.15, -0.1) is 0 Å². The molecule has 1 atom stereocenters. The van der Waals surface area contributed by atoms with Crippen LogP contribution in [0.3, 0.4) is 0 Å². The molecule has 0 spiro atoms. The van der Waals surface area contributed by atoms with E-state index in [1.165, 1.54) is 77.0 Å². The van der Waals surface area contributed by atoms with Crippen molar-refractivity contribution in [3.63, 3.8) is 0 Å². The predicted molar refractivity (Wildman–Crippen MR) is 306 cm³/mol. The number of hydrogen-bond acceptors (Lipinski definition) is 5. The Balaban J connectivity index is 4.40. The van der Waals surface area contributed by atoms with Gasteiger partial charge < -0.3 is 14.2 Å². The van der Waals surface area contributed by atoms with Gasteiger partial charge in [-0.1, -0.05) is 225 Å². The minimum absolute atomic E-state index is 0.0485. The largest absolute Gasteiger partial charge is 0.462 e. The molecule has 0 heterocycles. The van der Waals surface area contributed by atoms with E-state index >= 15 is 0 Å². The van der Waals surface area contributed by atoms with Crippen molar-refractivity contribution in [1.29, 1.82) is 0 Å². The van der Waals surface area contributed by atoms with E-state index in [1.807, 2.05) is 0 Å². The third kappa shape index (κ3) is 56.6. The lowest BCUT2D eigenvalue weighted by atomic mass is 10.1. The maximum Gasteiger partial charge on any atom is 0.306 e. The van der Waals surface area contributed by atoms with Crippen molar-refractivity contribution in [3.8, 4) is 0 Å². The Morgan fingerprint density at radius 1 is 0.329 bits per heavy atom. The first-order chi connectivity index (χ1) is 34.6. The van der Waals surface area contributed by atoms with Crippen molar-refractivity contribution >= 4 is 11.9 Å². The first-order valence-corrected chi connectivity index (χ1v) is 28.7. The quantitative estimate of drug-likeness (QED) is 0.0345. The van der Waals surface area contributed by atoms with Crippen LogP contribution in [0.15, 0.2) is 134 Å². The summed E-state index contributed by atoms with van der Waals surface area (Å²) in [6, 6.07) is 0. The molecular formula is C65H106O5. The van der Waals surface area contributed by atoms with Crippen molar-refractivity contribution in [3.05, 3.63) is 134 Å². The maximum atomic E-state index is 12.8. The first-order valence-electron chi connectivity index (χ1n) is 28.7. The van der Waals surface area contributed by atoms with Crippen molar-refractivity contribution in [2.24, 2.45) is 0 Å². The number of unbranched alkanes of at least 4 members (excludes halogenated alkanes) is 18. The van der Waals surface area contributed by atoms with E-state index in [4.69, 9.17) is 14.2 Å². The molecule has 0 saturated carbocycles. The Bertz CT molecular complexity index is 1470. The molecule has 0 radical (unpaired) electrons. The van der Waals surface area contributed by atoms with Gasteiger partial charge in [0, 0.05) is 19.4 Å². The second kappa shape index (κ2) is 59.3. The zero-order valence-corrected chi connectivity index (χ0v) is 45.5. The van der Waals surface area contributed by atoms with Gasteiger partial charge in [0.05, 0.1) is 6.61 Å². The molecule has 0 rings (SSSR count). The fraction of sp³-hybridized carbons (Fsp3) is 0.631. The van der Waals surface area contributed by atoms with Crippen molar-refractivity contribution in [2.75, 3.05) is 19.8 Å². The highest BCUT2D eigenvalue weighted by molar-refractivity contribution is 5.70. The maximum absolute atomic E-state index is 12.8. The van der Waals surface area contributed by atoms with E-state index in [1.54, 1.807) is 0 Å². The first kappa shape index (κ1) is 66.0. The zero-order chi connectivity index (χ0) is 50.6. The summed E-state index contributed by atoms with van der Waals surface area (Å²) in [5, 5.41) is 0. The molecule has 0 aliphatic rings. The molecule has 5 heteroatoms. The van der Waals surface area contributed by atoms with Crippen LogP contribution < -0.4 is 0 Å². The standard InChI is InChI=1S/C65H106O5/c1-4-7-10-13-16-19-22-25-28-30-32-34-36-39-42-45-48-51-54-57-60-68-61-63(70-65(67)59-56-53-50-47-44-41-37-27-24-21-18-15-12-9-6-3)62-69-64(66)58-55-52-49-46-43-40-38-35-33-31-29-26-23-20-17-14-11-8-5-2/h7,9-10,12,16-21,25-29,32-35,37,44,47,63H,4-6,8,11,13-15,22-24,30-31,36,38-43,45-46,48-62H2,1-3H3/b10-7-,12-9-,19-16-,20-17-,21-18-,28-25-,29-26-,34-32-,35-33-,37-27-,47-44-. The van der Waals surface area contributed by atoms with Crippen molar-refractivity contribution in [2.45, 2.75) is 245 Å². The molecule has 0 aliphatic heterocycles. The zero-order valence-electron chi connectivity index (χ0n) is 45.5. The molecule has 0 aromatic heterocycles. The van der Waals surface area contributed by atoms with Gasteiger partial charge in [-0.2, -0.15) is 0 Å². The molecule has 70 heavy (non-hydrogen) atoms. The molecule has 0 N–H and O–H groups in total. The highest BCUT2D eigenvalue weighted by Crippen LogP contribution is 2.13. The second-order valence-electron chi connectivity index (χ2n) is 18.4. The molecule has 0 saturated heterocycles. The van der Waals surface area contributed by atoms with Crippen LogP contribution in [-0.2, 0) is 23.8 Å². The molecule has 0 aromatic rings. The molecule has 0 aromatic carbocycles. The summed E-state index contributed by atoms with van der Waals surface area (Å²) in [7, 11) is 0. The van der Waals surface area contributed by atoms with E-state index < -0.39 is 6.10 Å². The molecule has 0 fully saturated rings. The topological polar surface area (TPSA) is 61.8 Å². The van der Waals surface area contributed by atoms with Gasteiger partial charge >= 0.3 is 11.9 Å². The third-order valence-electron chi connectivity index (χ3n) is 11.7. The Morgan fingerprint density at radius 2 is 0.643 bits per heavy atom. The van der Waals surface area contributed by atoms with Crippen LogP contribution >= 0.6 is 0 Å². The van der Waals surface area contributed by atoms with E-state index in [9.17, 15) is 9.59 Å². The van der Waals surface area contributed by atoms with Crippen LogP contribution in [0, 0.1) is 0 Å². The van der Waals surface area contributed by atoms with E-state index in [0.717, 1.165) is 128 Å². The monoisotopic (exact) mass is 967 g/mol. The lowest BCUT2D eigenvalue weighted by Gasteiger charge is -2.18. The summed E-state index contributed by atoms with van der Waals surface area (Å²) >= 11 is 0. The minimum atomic E-state index is -0.580. The normalized spacial score (nSPS) is 13.2. The average molecular weight is 968 g/mol. The van der Waals surface area contributed by atoms with Gasteiger partial charge in [0.1, 0.15) is 6.61 Å². The lowest BCUT2D eigenvalue weighted by molar-refractivity contribution is -0.163. The number of rotatable bonds is 51. The van der Waals surface area contributed by atoms with Gasteiger partial charge in [-0.25, -0.2) is 0 Å². The van der Waals surface area contributed by atoms with Crippen molar-refractivity contribution in [1.82, 2.24) is 0 Å². The molecule has 396 valence electrons. The van der Waals surface area contributed by atoms with Gasteiger partial charge in [0.15, 0.2) is 6.10 Å². The highest BCUT2D eigenvalue weighted by Gasteiger charge is 2.17. The number of hydrogen-bond donors (Lipinski definition) is 0. The Labute approximate surface area is 432 Å². The molecule has 0 amide bonds. The molecule has 0 aliphatic carbocycles.